The summed E-state index contributed by atoms with van der Waals surface area (Å²) in [5.41, 5.74) is -1.01. The maximum Gasteiger partial charge on any atom is 0.241 e. The summed E-state index contributed by atoms with van der Waals surface area (Å²) in [5.74, 6) is -4.90. The molecule has 0 radical (unpaired) electrons. The zero-order valence-corrected chi connectivity index (χ0v) is 18.9. The first-order valence-electron chi connectivity index (χ1n) is 10.6. The molecule has 0 unspecified atom stereocenters. The highest BCUT2D eigenvalue weighted by Crippen LogP contribution is 2.58. The molecule has 6 nitrogen and oxygen atoms in total. The van der Waals surface area contributed by atoms with Crippen molar-refractivity contribution < 1.29 is 23.9 Å². The minimum atomic E-state index is -2.12. The van der Waals surface area contributed by atoms with Crippen LogP contribution in [0.5, 0.6) is 0 Å². The number of ketones is 2. The molecule has 2 aliphatic heterocycles. The number of carbonyl (C=O) groups is 4. The Kier molecular flexibility index (Phi) is 4.58. The number of Topliss-reactive ketones (excluding diaryl/α,β-unsaturated/α-hetero) is 2. The molecule has 34 heavy (non-hydrogen) atoms. The smallest absolute Gasteiger partial charge is 0.241 e. The zero-order chi connectivity index (χ0) is 23.8. The molecule has 1 aliphatic carbocycles. The summed E-state index contributed by atoms with van der Waals surface area (Å²) in [4.78, 5) is 55.9. The van der Waals surface area contributed by atoms with Crippen LogP contribution in [0, 0.1) is 11.8 Å². The molecule has 0 bridgehead atoms. The second-order valence-electron chi connectivity index (χ2n) is 8.50. The van der Waals surface area contributed by atoms with Crippen LogP contribution < -0.4 is 4.90 Å². The lowest BCUT2D eigenvalue weighted by Gasteiger charge is -2.27. The maximum atomic E-state index is 13.8. The van der Waals surface area contributed by atoms with Gasteiger partial charge in [0.1, 0.15) is 0 Å². The van der Waals surface area contributed by atoms with Crippen molar-refractivity contribution in [2.24, 2.45) is 11.8 Å². The largest absolute Gasteiger partial charge is 0.349 e. The van der Waals surface area contributed by atoms with Crippen molar-refractivity contribution in [1.82, 2.24) is 0 Å². The minimum absolute atomic E-state index is 0.104. The van der Waals surface area contributed by atoms with Crippen LogP contribution >= 0.6 is 23.2 Å². The Labute approximate surface area is 204 Å². The number of imide groups is 1. The molecular weight excluding hydrogens is 477 g/mol. The first-order chi connectivity index (χ1) is 16.4. The van der Waals surface area contributed by atoms with E-state index in [1.165, 1.54) is 30.3 Å². The van der Waals surface area contributed by atoms with E-state index < -0.39 is 46.9 Å². The number of hydrogen-bond acceptors (Lipinski definition) is 5. The van der Waals surface area contributed by atoms with E-state index in [1.807, 2.05) is 0 Å². The van der Waals surface area contributed by atoms with Crippen molar-refractivity contribution in [3.8, 4) is 0 Å². The number of ether oxygens (including phenoxy) is 1. The number of carbonyl (C=O) groups excluding carboxylic acids is 4. The maximum absolute atomic E-state index is 13.8. The number of fused-ring (bicyclic) bond motifs is 3. The summed E-state index contributed by atoms with van der Waals surface area (Å²) in [6, 6.07) is 19.6. The van der Waals surface area contributed by atoms with Crippen LogP contribution in [0.15, 0.2) is 72.8 Å². The topological polar surface area (TPSA) is 80.8 Å². The van der Waals surface area contributed by atoms with Crippen molar-refractivity contribution in [3.05, 3.63) is 99.5 Å². The molecule has 2 fully saturated rings. The van der Waals surface area contributed by atoms with Gasteiger partial charge in [0.15, 0.2) is 0 Å². The Morgan fingerprint density at radius 2 is 1.38 bits per heavy atom. The zero-order valence-electron chi connectivity index (χ0n) is 17.4. The SMILES string of the molecule is O=C1[C@@H]2[C@H](c3ccccc3)OC3(C(=O)c4ccccc4C3=O)[C@H]2C(=O)N1c1ccc(Cl)cc1Cl. The van der Waals surface area contributed by atoms with Gasteiger partial charge in [-0.05, 0) is 23.8 Å². The van der Waals surface area contributed by atoms with Gasteiger partial charge in [-0.15, -0.1) is 0 Å². The Hall–Kier alpha value is -3.32. The lowest BCUT2D eigenvalue weighted by atomic mass is 9.77. The van der Waals surface area contributed by atoms with Crippen LogP contribution in [0.3, 0.4) is 0 Å². The van der Waals surface area contributed by atoms with E-state index in [0.29, 0.717) is 10.6 Å². The third kappa shape index (κ3) is 2.61. The molecule has 0 N–H and O–H groups in total. The van der Waals surface area contributed by atoms with E-state index in [2.05, 4.69) is 0 Å². The molecule has 168 valence electrons. The Morgan fingerprint density at radius 3 is 2.00 bits per heavy atom. The predicted octanol–water partition coefficient (Wildman–Crippen LogP) is 4.69. The molecule has 2 saturated heterocycles. The summed E-state index contributed by atoms with van der Waals surface area (Å²) in [5, 5.41) is 0.444. The summed E-state index contributed by atoms with van der Waals surface area (Å²) in [6.45, 7) is 0. The van der Waals surface area contributed by atoms with Crippen LogP contribution in [0.1, 0.15) is 32.4 Å². The van der Waals surface area contributed by atoms with Gasteiger partial charge in [0.25, 0.3) is 0 Å². The lowest BCUT2D eigenvalue weighted by Crippen LogP contribution is -2.51. The first kappa shape index (κ1) is 21.2. The van der Waals surface area contributed by atoms with Crippen LogP contribution in [0.4, 0.5) is 5.69 Å². The van der Waals surface area contributed by atoms with Crippen molar-refractivity contribution >= 4 is 52.3 Å². The molecule has 3 aliphatic rings. The average Bonchev–Trinajstić information content (AvgIpc) is 3.40. The van der Waals surface area contributed by atoms with Gasteiger partial charge in [-0.1, -0.05) is 77.8 Å². The number of nitrogens with zero attached hydrogens (tertiary/aromatic N) is 1. The molecule has 3 aromatic rings. The highest BCUT2D eigenvalue weighted by molar-refractivity contribution is 6.40. The van der Waals surface area contributed by atoms with Crippen LogP contribution in [0.2, 0.25) is 10.0 Å². The van der Waals surface area contributed by atoms with Gasteiger partial charge in [0.2, 0.25) is 29.0 Å². The Balaban J connectivity index is 1.56. The Bertz CT molecular complexity index is 1380. The molecule has 3 aromatic carbocycles. The van der Waals surface area contributed by atoms with Gasteiger partial charge in [-0.2, -0.15) is 0 Å². The number of halogens is 2. The standard InChI is InChI=1S/C26H15Cl2NO5/c27-14-10-11-18(17(28)12-14)29-24(32)19-20(25(29)33)26(34-21(19)13-6-2-1-3-7-13)22(30)15-8-4-5-9-16(15)23(26)31/h1-12,19-21H/t19-,20+,21-/m0/s1. The fraction of sp³-hybridized carbons (Fsp3) is 0.154. The molecule has 8 heteroatoms. The molecule has 2 amide bonds. The molecule has 1 spiro atoms. The summed E-state index contributed by atoms with van der Waals surface area (Å²) < 4.78 is 6.22. The van der Waals surface area contributed by atoms with Crippen LogP contribution in [0.25, 0.3) is 0 Å². The average molecular weight is 492 g/mol. The minimum Gasteiger partial charge on any atom is -0.349 e. The van der Waals surface area contributed by atoms with Gasteiger partial charge < -0.3 is 4.74 Å². The van der Waals surface area contributed by atoms with Gasteiger partial charge >= 0.3 is 0 Å². The van der Waals surface area contributed by atoms with E-state index in [0.717, 1.165) is 4.90 Å². The van der Waals surface area contributed by atoms with Crippen LogP contribution in [-0.2, 0) is 14.3 Å². The highest BCUT2D eigenvalue weighted by atomic mass is 35.5. The lowest BCUT2D eigenvalue weighted by molar-refractivity contribution is -0.127. The number of hydrogen-bond donors (Lipinski definition) is 0. The second-order valence-corrected chi connectivity index (χ2v) is 9.34. The molecular formula is C26H15Cl2NO5. The quantitative estimate of drug-likeness (QED) is 0.383. The summed E-state index contributed by atoms with van der Waals surface area (Å²) in [6.07, 6.45) is -0.971. The van der Waals surface area contributed by atoms with Crippen molar-refractivity contribution in [3.63, 3.8) is 0 Å². The van der Waals surface area contributed by atoms with Gasteiger partial charge in [-0.25, -0.2) is 4.90 Å². The number of benzene rings is 3. The molecule has 3 atom stereocenters. The van der Waals surface area contributed by atoms with Crippen molar-refractivity contribution in [2.75, 3.05) is 4.90 Å². The first-order valence-corrected chi connectivity index (χ1v) is 11.4. The van der Waals surface area contributed by atoms with E-state index in [1.54, 1.807) is 42.5 Å². The molecule has 0 saturated carbocycles. The van der Waals surface area contributed by atoms with Gasteiger partial charge in [0, 0.05) is 16.1 Å². The second kappa shape index (κ2) is 7.34. The van der Waals surface area contributed by atoms with Gasteiger partial charge in [0.05, 0.1) is 28.6 Å². The van der Waals surface area contributed by atoms with E-state index in [9.17, 15) is 19.2 Å². The predicted molar refractivity (Wildman–Crippen MR) is 124 cm³/mol. The fourth-order valence-electron chi connectivity index (χ4n) is 5.36. The molecule has 0 aromatic heterocycles. The molecule has 6 rings (SSSR count). The summed E-state index contributed by atoms with van der Waals surface area (Å²) >= 11 is 12.3. The normalized spacial score (nSPS) is 24.8. The number of rotatable bonds is 2. The monoisotopic (exact) mass is 491 g/mol. The van der Waals surface area contributed by atoms with Crippen molar-refractivity contribution in [1.29, 1.82) is 0 Å². The number of amides is 2. The van der Waals surface area contributed by atoms with E-state index >= 15 is 0 Å². The number of anilines is 1. The van der Waals surface area contributed by atoms with Crippen LogP contribution in [-0.4, -0.2) is 29.0 Å². The van der Waals surface area contributed by atoms with Gasteiger partial charge in [-0.3, -0.25) is 19.2 Å². The third-order valence-corrected chi connectivity index (χ3v) is 7.34. The van der Waals surface area contributed by atoms with E-state index in [-0.39, 0.29) is 21.8 Å². The van der Waals surface area contributed by atoms with Crippen molar-refractivity contribution in [2.45, 2.75) is 11.7 Å². The fourth-order valence-corrected chi connectivity index (χ4v) is 5.85. The summed E-state index contributed by atoms with van der Waals surface area (Å²) in [7, 11) is 0. The third-order valence-electron chi connectivity index (χ3n) is 6.80. The molecule has 2 heterocycles. The highest BCUT2D eigenvalue weighted by Gasteiger charge is 2.74. The Morgan fingerprint density at radius 1 is 0.765 bits per heavy atom. The van der Waals surface area contributed by atoms with E-state index in [4.69, 9.17) is 27.9 Å².